The lowest BCUT2D eigenvalue weighted by atomic mass is 9.99. The number of carbonyl (C=O) groups is 1. The third-order valence-electron chi connectivity index (χ3n) is 5.58. The molecule has 0 bridgehead atoms. The summed E-state index contributed by atoms with van der Waals surface area (Å²) in [4.78, 5) is 17.6. The monoisotopic (exact) mass is 455 g/mol. The van der Waals surface area contributed by atoms with Crippen molar-refractivity contribution in [1.29, 1.82) is 0 Å². The smallest absolute Gasteiger partial charge is 0.361 e. The molecule has 0 saturated carbocycles. The maximum Gasteiger partial charge on any atom is 0.416 e. The minimum absolute atomic E-state index is 0.0258. The summed E-state index contributed by atoms with van der Waals surface area (Å²) in [6.07, 6.45) is -7.83. The van der Waals surface area contributed by atoms with Crippen molar-refractivity contribution in [1.82, 2.24) is 15.2 Å². The summed E-state index contributed by atoms with van der Waals surface area (Å²) < 4.78 is 79.3. The fourth-order valence-electron chi connectivity index (χ4n) is 4.01. The van der Waals surface area contributed by atoms with Gasteiger partial charge in [0, 0.05) is 48.3 Å². The van der Waals surface area contributed by atoms with E-state index in [2.05, 4.69) is 10.3 Å². The van der Waals surface area contributed by atoms with E-state index in [1.54, 1.807) is 6.20 Å². The third-order valence-corrected chi connectivity index (χ3v) is 5.58. The number of carbonyl (C=O) groups excluding carboxylic acids is 1. The number of nitrogens with zero attached hydrogens (tertiary/aromatic N) is 1. The van der Waals surface area contributed by atoms with Gasteiger partial charge in [-0.25, -0.2) is 0 Å². The van der Waals surface area contributed by atoms with Crippen LogP contribution in [0.25, 0.3) is 10.9 Å². The van der Waals surface area contributed by atoms with Gasteiger partial charge >= 0.3 is 12.4 Å². The highest BCUT2D eigenvalue weighted by atomic mass is 19.4. The van der Waals surface area contributed by atoms with Crippen molar-refractivity contribution in [3.05, 3.63) is 70.9 Å². The highest BCUT2D eigenvalue weighted by molar-refractivity contribution is 5.95. The molecule has 0 aliphatic carbocycles. The fraction of sp³-hybridized carbons (Fsp3) is 0.318. The van der Waals surface area contributed by atoms with E-state index in [1.165, 1.54) is 4.90 Å². The summed E-state index contributed by atoms with van der Waals surface area (Å²) in [5.41, 5.74) is -1.82. The van der Waals surface area contributed by atoms with Crippen LogP contribution < -0.4 is 5.32 Å². The number of amides is 1. The van der Waals surface area contributed by atoms with E-state index in [9.17, 15) is 31.1 Å². The number of fused-ring (bicyclic) bond motifs is 1. The number of alkyl halides is 6. The quantitative estimate of drug-likeness (QED) is 0.554. The van der Waals surface area contributed by atoms with Crippen molar-refractivity contribution < 1.29 is 31.1 Å². The zero-order valence-electron chi connectivity index (χ0n) is 16.6. The van der Waals surface area contributed by atoms with Crippen molar-refractivity contribution in [3.63, 3.8) is 0 Å². The van der Waals surface area contributed by atoms with E-state index < -0.39 is 41.0 Å². The van der Waals surface area contributed by atoms with Crippen LogP contribution in [0.4, 0.5) is 26.3 Å². The van der Waals surface area contributed by atoms with Crippen LogP contribution in [-0.4, -0.2) is 41.5 Å². The van der Waals surface area contributed by atoms with Crippen molar-refractivity contribution >= 4 is 16.8 Å². The highest BCUT2D eigenvalue weighted by Gasteiger charge is 2.38. The molecule has 2 aromatic carbocycles. The number of hydrogen-bond acceptors (Lipinski definition) is 2. The number of aromatic nitrogens is 1. The second kappa shape index (κ2) is 8.16. The number of hydrogen-bond donors (Lipinski definition) is 2. The van der Waals surface area contributed by atoms with Crippen LogP contribution in [0.2, 0.25) is 0 Å². The molecule has 0 spiro atoms. The summed E-state index contributed by atoms with van der Waals surface area (Å²) in [6, 6.07) is 8.10. The van der Waals surface area contributed by atoms with E-state index in [0.29, 0.717) is 31.6 Å². The molecule has 0 unspecified atom stereocenters. The number of benzene rings is 2. The van der Waals surface area contributed by atoms with Crippen molar-refractivity contribution in [2.24, 2.45) is 0 Å². The Morgan fingerprint density at radius 2 is 1.66 bits per heavy atom. The van der Waals surface area contributed by atoms with Gasteiger partial charge in [-0.15, -0.1) is 0 Å². The topological polar surface area (TPSA) is 48.1 Å². The predicted octanol–water partition coefficient (Wildman–Crippen LogP) is 4.86. The SMILES string of the molecule is O=C(c1cc(C(F)(F)F)cc(C(F)(F)F)c1)N1CCNC[C@@H]1Cc1c[nH]c2ccccc12. The lowest BCUT2D eigenvalue weighted by molar-refractivity contribution is -0.143. The van der Waals surface area contributed by atoms with Gasteiger partial charge in [0.25, 0.3) is 5.91 Å². The van der Waals surface area contributed by atoms with E-state index >= 15 is 0 Å². The van der Waals surface area contributed by atoms with Gasteiger partial charge in [0.05, 0.1) is 11.1 Å². The Morgan fingerprint density at radius 1 is 1.00 bits per heavy atom. The van der Waals surface area contributed by atoms with E-state index in [1.807, 2.05) is 24.3 Å². The molecule has 10 heteroatoms. The molecular formula is C22H19F6N3O. The summed E-state index contributed by atoms with van der Waals surface area (Å²) in [5.74, 6) is -0.854. The van der Waals surface area contributed by atoms with Crippen LogP contribution in [0, 0.1) is 0 Å². The summed E-state index contributed by atoms with van der Waals surface area (Å²) >= 11 is 0. The average Bonchev–Trinajstić information content (AvgIpc) is 3.15. The average molecular weight is 455 g/mol. The molecule has 1 atom stereocenters. The maximum absolute atomic E-state index is 13.2. The number of piperazine rings is 1. The minimum atomic E-state index is -5.01. The van der Waals surface area contributed by atoms with Crippen molar-refractivity contribution in [2.45, 2.75) is 24.8 Å². The van der Waals surface area contributed by atoms with Gasteiger partial charge in [-0.05, 0) is 36.2 Å². The Labute approximate surface area is 179 Å². The number of H-pyrrole nitrogens is 1. The molecule has 1 aliphatic rings. The van der Waals surface area contributed by atoms with Gasteiger partial charge in [0.15, 0.2) is 0 Å². The molecule has 1 amide bonds. The fourth-order valence-corrected chi connectivity index (χ4v) is 4.01. The second-order valence-corrected chi connectivity index (χ2v) is 7.71. The van der Waals surface area contributed by atoms with Crippen LogP contribution in [0.3, 0.4) is 0 Å². The van der Waals surface area contributed by atoms with Gasteiger partial charge in [-0.3, -0.25) is 4.79 Å². The summed E-state index contributed by atoms with van der Waals surface area (Å²) in [6.45, 7) is 0.932. The van der Waals surface area contributed by atoms with Crippen molar-refractivity contribution in [2.75, 3.05) is 19.6 Å². The van der Waals surface area contributed by atoms with Gasteiger partial charge < -0.3 is 15.2 Å². The van der Waals surface area contributed by atoms with Crippen LogP contribution in [-0.2, 0) is 18.8 Å². The molecule has 3 aromatic rings. The first-order valence-electron chi connectivity index (χ1n) is 9.90. The minimum Gasteiger partial charge on any atom is -0.361 e. The number of halogens is 6. The van der Waals surface area contributed by atoms with Gasteiger partial charge in [0.2, 0.25) is 0 Å². The molecular weight excluding hydrogens is 436 g/mol. The Kier molecular flexibility index (Phi) is 5.66. The maximum atomic E-state index is 13.2. The molecule has 4 rings (SSSR count). The predicted molar refractivity (Wildman–Crippen MR) is 106 cm³/mol. The molecule has 32 heavy (non-hydrogen) atoms. The zero-order valence-corrected chi connectivity index (χ0v) is 16.6. The van der Waals surface area contributed by atoms with E-state index in [4.69, 9.17) is 0 Å². The molecule has 4 nitrogen and oxygen atoms in total. The lowest BCUT2D eigenvalue weighted by Gasteiger charge is -2.36. The number of rotatable bonds is 3. The molecule has 1 aliphatic heterocycles. The Hall–Kier alpha value is -3.01. The lowest BCUT2D eigenvalue weighted by Crippen LogP contribution is -2.54. The second-order valence-electron chi connectivity index (χ2n) is 7.71. The van der Waals surface area contributed by atoms with Crippen LogP contribution in [0.15, 0.2) is 48.7 Å². The molecule has 2 N–H and O–H groups in total. The first-order chi connectivity index (χ1) is 15.0. The molecule has 2 heterocycles. The Balaban J connectivity index is 1.67. The first-order valence-corrected chi connectivity index (χ1v) is 9.90. The van der Waals surface area contributed by atoms with Gasteiger partial charge in [-0.1, -0.05) is 18.2 Å². The molecule has 1 saturated heterocycles. The molecule has 170 valence electrons. The molecule has 0 radical (unpaired) electrons. The summed E-state index contributed by atoms with van der Waals surface area (Å²) in [7, 11) is 0. The number of nitrogens with one attached hydrogen (secondary N) is 2. The van der Waals surface area contributed by atoms with Gasteiger partial charge in [-0.2, -0.15) is 26.3 Å². The number of para-hydroxylation sites is 1. The standard InChI is InChI=1S/C22H19F6N3O/c23-21(24,25)15-7-13(8-16(10-15)22(26,27)28)20(32)31-6-5-29-12-17(31)9-14-11-30-19-4-2-1-3-18(14)19/h1-4,7-8,10-11,17,29-30H,5-6,9,12H2/t17-/m0/s1. The van der Waals surface area contributed by atoms with Crippen molar-refractivity contribution in [3.8, 4) is 0 Å². The Bertz CT molecular complexity index is 1100. The van der Waals surface area contributed by atoms with E-state index in [0.717, 1.165) is 16.5 Å². The van der Waals surface area contributed by atoms with Crippen LogP contribution >= 0.6 is 0 Å². The first kappa shape index (κ1) is 22.2. The summed E-state index contributed by atoms with van der Waals surface area (Å²) in [5, 5.41) is 4.09. The van der Waals surface area contributed by atoms with Crippen LogP contribution in [0.1, 0.15) is 27.0 Å². The number of aromatic amines is 1. The highest BCUT2D eigenvalue weighted by Crippen LogP contribution is 2.36. The Morgan fingerprint density at radius 3 is 2.31 bits per heavy atom. The van der Waals surface area contributed by atoms with Gasteiger partial charge in [0.1, 0.15) is 0 Å². The van der Waals surface area contributed by atoms with Crippen LogP contribution in [0.5, 0.6) is 0 Å². The normalized spacial score (nSPS) is 17.7. The molecule has 1 fully saturated rings. The van der Waals surface area contributed by atoms with E-state index in [-0.39, 0.29) is 12.6 Å². The largest absolute Gasteiger partial charge is 0.416 e. The molecule has 1 aromatic heterocycles. The zero-order chi connectivity index (χ0) is 23.1. The third kappa shape index (κ3) is 4.45.